The van der Waals surface area contributed by atoms with Crippen LogP contribution in [-0.2, 0) is 17.6 Å². The van der Waals surface area contributed by atoms with Crippen LogP contribution in [0, 0.1) is 0 Å². The van der Waals surface area contributed by atoms with Crippen LogP contribution in [0.3, 0.4) is 0 Å². The summed E-state index contributed by atoms with van der Waals surface area (Å²) >= 11 is 0. The van der Waals surface area contributed by atoms with E-state index in [9.17, 15) is 4.79 Å². The van der Waals surface area contributed by atoms with Crippen LogP contribution in [0.2, 0.25) is 0 Å². The van der Waals surface area contributed by atoms with Crippen molar-refractivity contribution in [2.45, 2.75) is 12.8 Å². The second-order valence-electron chi connectivity index (χ2n) is 5.20. The Morgan fingerprint density at radius 1 is 1.13 bits per heavy atom. The standard InChI is InChI=1S/C18H18N2O2.ClH/c19-9-8-14-12-20-17-7-6-15(11-16(14)17)22-18(21)10-13-4-2-1-3-5-13;/h1-7,11-12,20H,8-10,19H2;1H. The Morgan fingerprint density at radius 2 is 1.91 bits per heavy atom. The van der Waals surface area contributed by atoms with E-state index >= 15 is 0 Å². The third kappa shape index (κ3) is 4.12. The fourth-order valence-corrected chi connectivity index (χ4v) is 2.51. The Labute approximate surface area is 141 Å². The molecule has 0 saturated carbocycles. The molecule has 3 N–H and O–H groups in total. The fraction of sp³-hybridized carbons (Fsp3) is 0.167. The summed E-state index contributed by atoms with van der Waals surface area (Å²) in [4.78, 5) is 15.2. The number of nitrogens with one attached hydrogen (secondary N) is 1. The van der Waals surface area contributed by atoms with Gasteiger partial charge in [0.05, 0.1) is 6.42 Å². The molecule has 0 aliphatic heterocycles. The summed E-state index contributed by atoms with van der Waals surface area (Å²) in [7, 11) is 0. The summed E-state index contributed by atoms with van der Waals surface area (Å²) in [6, 6.07) is 15.2. The van der Waals surface area contributed by atoms with Crippen molar-refractivity contribution in [3.05, 3.63) is 65.9 Å². The van der Waals surface area contributed by atoms with Crippen molar-refractivity contribution in [2.24, 2.45) is 5.73 Å². The van der Waals surface area contributed by atoms with E-state index < -0.39 is 0 Å². The molecule has 0 spiro atoms. The smallest absolute Gasteiger partial charge is 0.315 e. The summed E-state index contributed by atoms with van der Waals surface area (Å²) in [5, 5.41) is 1.05. The molecule has 0 radical (unpaired) electrons. The number of hydrogen-bond acceptors (Lipinski definition) is 3. The first-order valence-electron chi connectivity index (χ1n) is 7.31. The zero-order valence-corrected chi connectivity index (χ0v) is 13.4. The molecular weight excluding hydrogens is 312 g/mol. The lowest BCUT2D eigenvalue weighted by Gasteiger charge is -2.05. The average molecular weight is 331 g/mol. The number of aromatic nitrogens is 1. The predicted molar refractivity (Wildman–Crippen MR) is 94.1 cm³/mol. The van der Waals surface area contributed by atoms with Crippen molar-refractivity contribution < 1.29 is 9.53 Å². The molecule has 2 aromatic carbocycles. The maximum atomic E-state index is 12.0. The Balaban J connectivity index is 0.00000192. The first kappa shape index (κ1) is 17.1. The van der Waals surface area contributed by atoms with Crippen LogP contribution in [0.5, 0.6) is 5.75 Å². The molecule has 0 aliphatic rings. The number of rotatable bonds is 5. The SMILES string of the molecule is Cl.NCCc1c[nH]c2ccc(OC(=O)Cc3ccccc3)cc12. The molecule has 4 nitrogen and oxygen atoms in total. The van der Waals surface area contributed by atoms with E-state index in [0.717, 1.165) is 28.5 Å². The Bertz CT molecular complexity index is 784. The molecule has 5 heteroatoms. The summed E-state index contributed by atoms with van der Waals surface area (Å²) in [6.45, 7) is 0.588. The molecule has 120 valence electrons. The van der Waals surface area contributed by atoms with Gasteiger partial charge >= 0.3 is 5.97 Å². The molecule has 3 aromatic rings. The first-order valence-corrected chi connectivity index (χ1v) is 7.31. The molecular formula is C18H19ClN2O2. The number of esters is 1. The van der Waals surface area contributed by atoms with Gasteiger partial charge in [-0.25, -0.2) is 0 Å². The molecule has 0 unspecified atom stereocenters. The van der Waals surface area contributed by atoms with Gasteiger partial charge in [0.2, 0.25) is 0 Å². The fourth-order valence-electron chi connectivity index (χ4n) is 2.51. The van der Waals surface area contributed by atoms with Crippen LogP contribution < -0.4 is 10.5 Å². The van der Waals surface area contributed by atoms with Gasteiger partial charge in [-0.2, -0.15) is 0 Å². The summed E-state index contributed by atoms with van der Waals surface area (Å²) in [5.41, 5.74) is 8.72. The number of aromatic amines is 1. The lowest BCUT2D eigenvalue weighted by atomic mass is 10.1. The average Bonchev–Trinajstić information content (AvgIpc) is 2.91. The second kappa shape index (κ2) is 7.81. The van der Waals surface area contributed by atoms with Gasteiger partial charge in [-0.1, -0.05) is 30.3 Å². The van der Waals surface area contributed by atoms with E-state index in [1.807, 2.05) is 48.7 Å². The van der Waals surface area contributed by atoms with Gasteiger partial charge in [-0.3, -0.25) is 4.79 Å². The number of fused-ring (bicyclic) bond motifs is 1. The second-order valence-corrected chi connectivity index (χ2v) is 5.20. The van der Waals surface area contributed by atoms with Crippen molar-refractivity contribution in [2.75, 3.05) is 6.54 Å². The minimum Gasteiger partial charge on any atom is -0.426 e. The highest BCUT2D eigenvalue weighted by Gasteiger charge is 2.09. The lowest BCUT2D eigenvalue weighted by molar-refractivity contribution is -0.133. The quantitative estimate of drug-likeness (QED) is 0.557. The summed E-state index contributed by atoms with van der Waals surface area (Å²) < 4.78 is 5.44. The zero-order valence-electron chi connectivity index (χ0n) is 12.6. The predicted octanol–water partition coefficient (Wildman–Crippen LogP) is 3.24. The van der Waals surface area contributed by atoms with Crippen molar-refractivity contribution in [1.29, 1.82) is 0 Å². The Kier molecular flexibility index (Phi) is 5.79. The molecule has 1 heterocycles. The summed E-state index contributed by atoms with van der Waals surface area (Å²) in [6.07, 6.45) is 3.01. The molecule has 0 amide bonds. The van der Waals surface area contributed by atoms with E-state index in [1.165, 1.54) is 0 Å². The third-order valence-corrected chi connectivity index (χ3v) is 3.58. The van der Waals surface area contributed by atoms with Crippen LogP contribution in [-0.4, -0.2) is 17.5 Å². The van der Waals surface area contributed by atoms with Crippen molar-refractivity contribution >= 4 is 29.3 Å². The molecule has 0 aliphatic carbocycles. The topological polar surface area (TPSA) is 68.1 Å². The van der Waals surface area contributed by atoms with Crippen molar-refractivity contribution in [3.8, 4) is 5.75 Å². The number of hydrogen-bond donors (Lipinski definition) is 2. The van der Waals surface area contributed by atoms with Crippen LogP contribution in [0.1, 0.15) is 11.1 Å². The number of ether oxygens (including phenoxy) is 1. The van der Waals surface area contributed by atoms with Crippen molar-refractivity contribution in [1.82, 2.24) is 4.98 Å². The van der Waals surface area contributed by atoms with Crippen LogP contribution in [0.15, 0.2) is 54.7 Å². The number of carbonyl (C=O) groups excluding carboxylic acids is 1. The number of nitrogens with two attached hydrogens (primary N) is 1. The molecule has 0 saturated heterocycles. The van der Waals surface area contributed by atoms with Crippen molar-refractivity contribution in [3.63, 3.8) is 0 Å². The highest BCUT2D eigenvalue weighted by Crippen LogP contribution is 2.24. The molecule has 0 fully saturated rings. The van der Waals surface area contributed by atoms with Crippen LogP contribution >= 0.6 is 12.4 Å². The lowest BCUT2D eigenvalue weighted by Crippen LogP contribution is -2.11. The highest BCUT2D eigenvalue weighted by atomic mass is 35.5. The molecule has 0 atom stereocenters. The molecule has 23 heavy (non-hydrogen) atoms. The number of carbonyl (C=O) groups is 1. The Hall–Kier alpha value is -2.30. The van der Waals surface area contributed by atoms with E-state index in [-0.39, 0.29) is 24.8 Å². The minimum absolute atomic E-state index is 0. The van der Waals surface area contributed by atoms with Gasteiger partial charge in [-0.05, 0) is 42.3 Å². The minimum atomic E-state index is -0.263. The van der Waals surface area contributed by atoms with Crippen LogP contribution in [0.4, 0.5) is 0 Å². The first-order chi connectivity index (χ1) is 10.8. The maximum absolute atomic E-state index is 12.0. The van der Waals surface area contributed by atoms with E-state index in [0.29, 0.717) is 12.3 Å². The molecule has 0 bridgehead atoms. The normalized spacial score (nSPS) is 10.3. The Morgan fingerprint density at radius 3 is 2.65 bits per heavy atom. The van der Waals surface area contributed by atoms with Gasteiger partial charge in [0.15, 0.2) is 0 Å². The summed E-state index contributed by atoms with van der Waals surface area (Å²) in [5.74, 6) is 0.299. The van der Waals surface area contributed by atoms with Gasteiger partial charge in [0.25, 0.3) is 0 Å². The van der Waals surface area contributed by atoms with E-state index in [2.05, 4.69) is 4.98 Å². The molecule has 3 rings (SSSR count). The number of benzene rings is 2. The number of halogens is 1. The van der Waals surface area contributed by atoms with Crippen LogP contribution in [0.25, 0.3) is 10.9 Å². The third-order valence-electron chi connectivity index (χ3n) is 3.58. The zero-order chi connectivity index (χ0) is 15.4. The van der Waals surface area contributed by atoms with Gasteiger partial charge in [0.1, 0.15) is 5.75 Å². The van der Waals surface area contributed by atoms with E-state index in [4.69, 9.17) is 10.5 Å². The van der Waals surface area contributed by atoms with Gasteiger partial charge in [0, 0.05) is 17.1 Å². The maximum Gasteiger partial charge on any atom is 0.315 e. The largest absolute Gasteiger partial charge is 0.426 e. The highest BCUT2D eigenvalue weighted by molar-refractivity contribution is 5.86. The monoisotopic (exact) mass is 330 g/mol. The number of H-pyrrole nitrogens is 1. The van der Waals surface area contributed by atoms with Gasteiger partial charge in [-0.15, -0.1) is 12.4 Å². The molecule has 1 aromatic heterocycles. The van der Waals surface area contributed by atoms with E-state index in [1.54, 1.807) is 6.07 Å². The van der Waals surface area contributed by atoms with Gasteiger partial charge < -0.3 is 15.5 Å².